The molecule has 2 rings (SSSR count). The lowest BCUT2D eigenvalue weighted by atomic mass is 9.95. The maximum absolute atomic E-state index is 12.3. The first kappa shape index (κ1) is 15.5. The average Bonchev–Trinajstić information content (AvgIpc) is 2.49. The molecule has 1 atom stereocenters. The second kappa shape index (κ2) is 6.72. The van der Waals surface area contributed by atoms with E-state index in [0.29, 0.717) is 0 Å². The molecule has 0 aliphatic carbocycles. The molecule has 1 heterocycles. The highest BCUT2D eigenvalue weighted by Crippen LogP contribution is 2.20. The quantitative estimate of drug-likeness (QED) is 0.882. The van der Waals surface area contributed by atoms with Gasteiger partial charge in [-0.25, -0.2) is 0 Å². The van der Waals surface area contributed by atoms with Crippen LogP contribution in [-0.4, -0.2) is 35.8 Å². The first-order valence-electron chi connectivity index (χ1n) is 7.39. The zero-order chi connectivity index (χ0) is 15.4. The van der Waals surface area contributed by atoms with Crippen LogP contribution in [0.5, 0.6) is 0 Å². The van der Waals surface area contributed by atoms with Gasteiger partial charge in [0.2, 0.25) is 11.8 Å². The van der Waals surface area contributed by atoms with Crippen molar-refractivity contribution in [2.75, 3.05) is 18.4 Å². The third-order valence-corrected chi connectivity index (χ3v) is 4.26. The number of nitrogens with one attached hydrogen (secondary N) is 1. The summed E-state index contributed by atoms with van der Waals surface area (Å²) < 4.78 is 0. The number of nitrogens with two attached hydrogens (primary N) is 1. The normalized spacial score (nSPS) is 18.2. The Morgan fingerprint density at radius 3 is 2.48 bits per heavy atom. The van der Waals surface area contributed by atoms with E-state index in [0.717, 1.165) is 37.2 Å². The maximum Gasteiger partial charge on any atom is 0.241 e. The Labute approximate surface area is 125 Å². The minimum atomic E-state index is -0.230. The number of aryl methyl sites for hydroxylation is 1. The number of carbonyl (C=O) groups is 2. The van der Waals surface area contributed by atoms with E-state index >= 15 is 0 Å². The minimum absolute atomic E-state index is 0.0122. The maximum atomic E-state index is 12.3. The van der Waals surface area contributed by atoms with Crippen LogP contribution in [0.1, 0.15) is 25.3 Å². The van der Waals surface area contributed by atoms with Gasteiger partial charge >= 0.3 is 0 Å². The van der Waals surface area contributed by atoms with Gasteiger partial charge in [-0.3, -0.25) is 14.5 Å². The highest BCUT2D eigenvalue weighted by atomic mass is 16.2. The summed E-state index contributed by atoms with van der Waals surface area (Å²) in [6.45, 7) is 5.34. The molecule has 5 heteroatoms. The van der Waals surface area contributed by atoms with Gasteiger partial charge in [0, 0.05) is 11.6 Å². The number of primary amides is 1. The molecule has 1 aromatic rings. The van der Waals surface area contributed by atoms with Gasteiger partial charge < -0.3 is 11.1 Å². The summed E-state index contributed by atoms with van der Waals surface area (Å²) in [4.78, 5) is 25.6. The molecule has 1 fully saturated rings. The van der Waals surface area contributed by atoms with E-state index in [9.17, 15) is 9.59 Å². The Kier molecular flexibility index (Phi) is 4.96. The molecular weight excluding hydrogens is 266 g/mol. The lowest BCUT2D eigenvalue weighted by Gasteiger charge is -2.34. The Balaban J connectivity index is 1.92. The Hall–Kier alpha value is -1.88. The molecule has 1 aromatic carbocycles. The van der Waals surface area contributed by atoms with Crippen LogP contribution in [0.3, 0.4) is 0 Å². The Bertz CT molecular complexity index is 522. The SMILES string of the molecule is Cc1ccccc1NC(=O)[C@H](C)N1CCC(C(N)=O)CC1. The highest BCUT2D eigenvalue weighted by Gasteiger charge is 2.28. The Morgan fingerprint density at radius 1 is 1.29 bits per heavy atom. The third-order valence-electron chi connectivity index (χ3n) is 4.26. The summed E-state index contributed by atoms with van der Waals surface area (Å²) in [6, 6.07) is 7.52. The fraction of sp³-hybridized carbons (Fsp3) is 0.500. The second-order valence-electron chi connectivity index (χ2n) is 5.69. The highest BCUT2D eigenvalue weighted by molar-refractivity contribution is 5.95. The summed E-state index contributed by atoms with van der Waals surface area (Å²) >= 11 is 0. The third kappa shape index (κ3) is 3.82. The summed E-state index contributed by atoms with van der Waals surface area (Å²) in [5.74, 6) is -0.290. The van der Waals surface area contributed by atoms with Crippen LogP contribution in [0.25, 0.3) is 0 Å². The molecule has 0 spiro atoms. The van der Waals surface area contributed by atoms with Gasteiger partial charge in [0.1, 0.15) is 0 Å². The topological polar surface area (TPSA) is 75.4 Å². The molecular formula is C16H23N3O2. The van der Waals surface area contributed by atoms with Gasteiger partial charge in [-0.05, 0) is 51.4 Å². The Morgan fingerprint density at radius 2 is 1.90 bits per heavy atom. The van der Waals surface area contributed by atoms with E-state index < -0.39 is 0 Å². The molecule has 21 heavy (non-hydrogen) atoms. The minimum Gasteiger partial charge on any atom is -0.369 e. The molecule has 0 aromatic heterocycles. The van der Waals surface area contributed by atoms with Crippen molar-refractivity contribution in [1.82, 2.24) is 4.90 Å². The van der Waals surface area contributed by atoms with E-state index in [4.69, 9.17) is 5.73 Å². The number of piperidine rings is 1. The van der Waals surface area contributed by atoms with Crippen molar-refractivity contribution >= 4 is 17.5 Å². The van der Waals surface area contributed by atoms with Crippen molar-refractivity contribution < 1.29 is 9.59 Å². The van der Waals surface area contributed by atoms with Crippen LogP contribution in [0.4, 0.5) is 5.69 Å². The van der Waals surface area contributed by atoms with Gasteiger partial charge in [-0.15, -0.1) is 0 Å². The van der Waals surface area contributed by atoms with Crippen LogP contribution >= 0.6 is 0 Å². The largest absolute Gasteiger partial charge is 0.369 e. The molecule has 5 nitrogen and oxygen atoms in total. The smallest absolute Gasteiger partial charge is 0.241 e. The number of anilines is 1. The van der Waals surface area contributed by atoms with E-state index in [2.05, 4.69) is 10.2 Å². The number of carbonyl (C=O) groups excluding carboxylic acids is 2. The van der Waals surface area contributed by atoms with Crippen molar-refractivity contribution in [2.45, 2.75) is 32.7 Å². The van der Waals surface area contributed by atoms with E-state index in [1.54, 1.807) is 0 Å². The predicted octanol–water partition coefficient (Wildman–Crippen LogP) is 1.52. The fourth-order valence-corrected chi connectivity index (χ4v) is 2.69. The van der Waals surface area contributed by atoms with Crippen molar-refractivity contribution in [3.8, 4) is 0 Å². The van der Waals surface area contributed by atoms with Crippen LogP contribution in [-0.2, 0) is 9.59 Å². The number of likely N-dealkylation sites (tertiary alicyclic amines) is 1. The fourth-order valence-electron chi connectivity index (χ4n) is 2.69. The monoisotopic (exact) mass is 289 g/mol. The zero-order valence-corrected chi connectivity index (χ0v) is 12.6. The molecule has 1 aliphatic rings. The molecule has 0 radical (unpaired) electrons. The van der Waals surface area contributed by atoms with Crippen LogP contribution < -0.4 is 11.1 Å². The number of benzene rings is 1. The number of hydrogen-bond acceptors (Lipinski definition) is 3. The molecule has 0 bridgehead atoms. The van der Waals surface area contributed by atoms with Gasteiger partial charge in [-0.2, -0.15) is 0 Å². The standard InChI is InChI=1S/C16H23N3O2/c1-11-5-3-4-6-14(11)18-16(21)12(2)19-9-7-13(8-10-19)15(17)20/h3-6,12-13H,7-10H2,1-2H3,(H2,17,20)(H,18,21)/t12-/m0/s1. The molecule has 2 amide bonds. The molecule has 3 N–H and O–H groups in total. The van der Waals surface area contributed by atoms with E-state index in [-0.39, 0.29) is 23.8 Å². The molecule has 0 unspecified atom stereocenters. The molecule has 1 saturated heterocycles. The molecule has 114 valence electrons. The number of hydrogen-bond donors (Lipinski definition) is 2. The van der Waals surface area contributed by atoms with E-state index in [1.807, 2.05) is 38.1 Å². The second-order valence-corrected chi connectivity index (χ2v) is 5.69. The van der Waals surface area contributed by atoms with Gasteiger partial charge in [0.25, 0.3) is 0 Å². The number of nitrogens with zero attached hydrogens (tertiary/aromatic N) is 1. The molecule has 0 saturated carbocycles. The average molecular weight is 289 g/mol. The predicted molar refractivity (Wildman–Crippen MR) is 82.8 cm³/mol. The van der Waals surface area contributed by atoms with Crippen LogP contribution in [0.2, 0.25) is 0 Å². The van der Waals surface area contributed by atoms with Gasteiger partial charge in [0.15, 0.2) is 0 Å². The summed E-state index contributed by atoms with van der Waals surface area (Å²) in [6.07, 6.45) is 1.47. The lowest BCUT2D eigenvalue weighted by molar-refractivity contribution is -0.124. The molecule has 1 aliphatic heterocycles. The van der Waals surface area contributed by atoms with Crippen molar-refractivity contribution in [2.24, 2.45) is 11.7 Å². The number of rotatable bonds is 4. The van der Waals surface area contributed by atoms with E-state index in [1.165, 1.54) is 0 Å². The summed E-state index contributed by atoms with van der Waals surface area (Å²) in [5, 5.41) is 2.97. The lowest BCUT2D eigenvalue weighted by Crippen LogP contribution is -2.47. The van der Waals surface area contributed by atoms with Gasteiger partial charge in [-0.1, -0.05) is 18.2 Å². The van der Waals surface area contributed by atoms with Crippen molar-refractivity contribution in [1.29, 1.82) is 0 Å². The zero-order valence-electron chi connectivity index (χ0n) is 12.6. The van der Waals surface area contributed by atoms with Crippen molar-refractivity contribution in [3.05, 3.63) is 29.8 Å². The van der Waals surface area contributed by atoms with Crippen LogP contribution in [0.15, 0.2) is 24.3 Å². The number of amides is 2. The number of para-hydroxylation sites is 1. The first-order chi connectivity index (χ1) is 9.99. The summed E-state index contributed by atoms with van der Waals surface area (Å²) in [5.41, 5.74) is 7.23. The van der Waals surface area contributed by atoms with Crippen LogP contribution in [0, 0.1) is 12.8 Å². The van der Waals surface area contributed by atoms with Crippen molar-refractivity contribution in [3.63, 3.8) is 0 Å². The van der Waals surface area contributed by atoms with Gasteiger partial charge in [0.05, 0.1) is 6.04 Å². The first-order valence-corrected chi connectivity index (χ1v) is 7.39. The summed E-state index contributed by atoms with van der Waals surface area (Å²) in [7, 11) is 0.